The van der Waals surface area contributed by atoms with Crippen LogP contribution in [0.2, 0.25) is 0 Å². The zero-order valence-corrected chi connectivity index (χ0v) is 8.94. The van der Waals surface area contributed by atoms with Crippen LogP contribution in [0.25, 0.3) is 5.65 Å². The van der Waals surface area contributed by atoms with Crippen molar-refractivity contribution in [3.8, 4) is 0 Å². The fraction of sp³-hybridized carbons (Fsp3) is 0.364. The number of hydrogen-bond acceptors (Lipinski definition) is 3. The van der Waals surface area contributed by atoms with Crippen LogP contribution in [0.5, 0.6) is 0 Å². The van der Waals surface area contributed by atoms with Gasteiger partial charge in [0, 0.05) is 11.9 Å². The molecular weight excluding hydrogens is 190 g/mol. The van der Waals surface area contributed by atoms with E-state index in [0.29, 0.717) is 0 Å². The van der Waals surface area contributed by atoms with Crippen molar-refractivity contribution < 1.29 is 5.11 Å². The number of nitrogens with two attached hydrogens (primary N) is 1. The number of rotatable bonds is 2. The van der Waals surface area contributed by atoms with Crippen molar-refractivity contribution in [2.75, 3.05) is 6.61 Å². The third-order valence-corrected chi connectivity index (χ3v) is 2.61. The molecule has 2 aromatic heterocycles. The largest absolute Gasteiger partial charge is 0.394 e. The number of nitrogens with zero attached hydrogens (tertiary/aromatic N) is 2. The molecule has 4 nitrogen and oxygen atoms in total. The van der Waals surface area contributed by atoms with Crippen LogP contribution in [-0.4, -0.2) is 21.1 Å². The molecule has 0 aliphatic carbocycles. The second-order valence-corrected chi connectivity index (χ2v) is 3.80. The number of aliphatic hydroxyl groups excluding tert-OH is 1. The molecular formula is C11H15N3O. The minimum absolute atomic E-state index is 0.0797. The lowest BCUT2D eigenvalue weighted by molar-refractivity contribution is 0.266. The van der Waals surface area contributed by atoms with Gasteiger partial charge in [-0.1, -0.05) is 0 Å². The van der Waals surface area contributed by atoms with E-state index in [2.05, 4.69) is 4.98 Å². The van der Waals surface area contributed by atoms with Crippen LogP contribution in [-0.2, 0) is 0 Å². The molecule has 4 heteroatoms. The summed E-state index contributed by atoms with van der Waals surface area (Å²) in [6.07, 6.45) is 1.97. The van der Waals surface area contributed by atoms with E-state index < -0.39 is 6.04 Å². The monoisotopic (exact) mass is 205 g/mol. The lowest BCUT2D eigenvalue weighted by atomic mass is 10.2. The van der Waals surface area contributed by atoms with Gasteiger partial charge in [-0.2, -0.15) is 0 Å². The van der Waals surface area contributed by atoms with E-state index in [-0.39, 0.29) is 6.61 Å². The molecule has 0 amide bonds. The van der Waals surface area contributed by atoms with Crippen molar-refractivity contribution >= 4 is 5.65 Å². The van der Waals surface area contributed by atoms with Crippen LogP contribution in [0, 0.1) is 13.8 Å². The molecule has 0 aromatic carbocycles. The molecule has 0 aliphatic rings. The van der Waals surface area contributed by atoms with Gasteiger partial charge in [0.25, 0.3) is 0 Å². The fourth-order valence-electron chi connectivity index (χ4n) is 1.72. The van der Waals surface area contributed by atoms with Crippen molar-refractivity contribution in [2.24, 2.45) is 5.73 Å². The van der Waals surface area contributed by atoms with Crippen molar-refractivity contribution in [1.29, 1.82) is 0 Å². The Morgan fingerprint density at radius 3 is 2.93 bits per heavy atom. The first-order valence-electron chi connectivity index (χ1n) is 4.95. The molecule has 0 fully saturated rings. The highest BCUT2D eigenvalue weighted by Gasteiger charge is 2.14. The number of aromatic nitrogens is 2. The molecule has 2 rings (SSSR count). The van der Waals surface area contributed by atoms with Crippen LogP contribution in [0.15, 0.2) is 18.3 Å². The molecule has 0 spiro atoms. The number of pyridine rings is 1. The van der Waals surface area contributed by atoms with Gasteiger partial charge in [0.05, 0.1) is 18.3 Å². The summed E-state index contributed by atoms with van der Waals surface area (Å²) in [4.78, 5) is 4.42. The predicted molar refractivity (Wildman–Crippen MR) is 58.7 cm³/mol. The average molecular weight is 205 g/mol. The highest BCUT2D eigenvalue weighted by molar-refractivity contribution is 5.45. The van der Waals surface area contributed by atoms with Crippen LogP contribution in [0.3, 0.4) is 0 Å². The normalized spacial score (nSPS) is 13.3. The van der Waals surface area contributed by atoms with Gasteiger partial charge < -0.3 is 15.2 Å². The summed E-state index contributed by atoms with van der Waals surface area (Å²) >= 11 is 0. The van der Waals surface area contributed by atoms with E-state index in [4.69, 9.17) is 10.8 Å². The van der Waals surface area contributed by atoms with Crippen LogP contribution in [0.4, 0.5) is 0 Å². The minimum atomic E-state index is -0.398. The van der Waals surface area contributed by atoms with Crippen LogP contribution < -0.4 is 5.73 Å². The molecule has 2 heterocycles. The average Bonchev–Trinajstić information content (AvgIpc) is 2.54. The molecule has 0 saturated carbocycles. The maximum absolute atomic E-state index is 9.02. The van der Waals surface area contributed by atoms with Crippen molar-refractivity contribution in [1.82, 2.24) is 9.38 Å². The SMILES string of the molecule is Cc1ccn2c(C)c(C(N)CO)nc2c1. The van der Waals surface area contributed by atoms with Gasteiger partial charge >= 0.3 is 0 Å². The Bertz CT molecular complexity index is 490. The highest BCUT2D eigenvalue weighted by atomic mass is 16.3. The third kappa shape index (κ3) is 1.62. The number of aryl methyl sites for hydroxylation is 2. The second kappa shape index (κ2) is 3.64. The van der Waals surface area contributed by atoms with E-state index >= 15 is 0 Å². The summed E-state index contributed by atoms with van der Waals surface area (Å²) in [5.74, 6) is 0. The Kier molecular flexibility index (Phi) is 2.46. The number of hydrogen-bond donors (Lipinski definition) is 2. The van der Waals surface area contributed by atoms with E-state index in [1.807, 2.05) is 36.6 Å². The Morgan fingerprint density at radius 1 is 1.53 bits per heavy atom. The second-order valence-electron chi connectivity index (χ2n) is 3.80. The Labute approximate surface area is 88.4 Å². The molecule has 1 atom stereocenters. The van der Waals surface area contributed by atoms with Gasteiger partial charge in [0.2, 0.25) is 0 Å². The standard InChI is InChI=1S/C11H15N3O/c1-7-3-4-14-8(2)11(9(12)6-15)13-10(14)5-7/h3-5,9,15H,6,12H2,1-2H3. The van der Waals surface area contributed by atoms with Gasteiger partial charge in [0.15, 0.2) is 0 Å². The first kappa shape index (κ1) is 10.1. The molecule has 80 valence electrons. The Hall–Kier alpha value is -1.39. The highest BCUT2D eigenvalue weighted by Crippen LogP contribution is 2.17. The quantitative estimate of drug-likeness (QED) is 0.767. The first-order valence-corrected chi connectivity index (χ1v) is 4.95. The topological polar surface area (TPSA) is 63.5 Å². The van der Waals surface area contributed by atoms with Crippen molar-refractivity contribution in [3.63, 3.8) is 0 Å². The number of fused-ring (bicyclic) bond motifs is 1. The molecule has 0 saturated heterocycles. The lowest BCUT2D eigenvalue weighted by Gasteiger charge is -2.04. The number of aliphatic hydroxyl groups is 1. The molecule has 3 N–H and O–H groups in total. The maximum Gasteiger partial charge on any atom is 0.137 e. The summed E-state index contributed by atoms with van der Waals surface area (Å²) < 4.78 is 1.98. The van der Waals surface area contributed by atoms with E-state index in [9.17, 15) is 0 Å². The molecule has 0 bridgehead atoms. The van der Waals surface area contributed by atoms with Gasteiger partial charge in [-0.15, -0.1) is 0 Å². The fourth-order valence-corrected chi connectivity index (χ4v) is 1.72. The van der Waals surface area contributed by atoms with Gasteiger partial charge in [-0.05, 0) is 31.5 Å². The third-order valence-electron chi connectivity index (χ3n) is 2.61. The zero-order valence-electron chi connectivity index (χ0n) is 8.94. The first-order chi connectivity index (χ1) is 7.13. The smallest absolute Gasteiger partial charge is 0.137 e. The zero-order chi connectivity index (χ0) is 11.0. The van der Waals surface area contributed by atoms with E-state index in [1.54, 1.807) is 0 Å². The molecule has 0 aliphatic heterocycles. The predicted octanol–water partition coefficient (Wildman–Crippen LogP) is 0.943. The van der Waals surface area contributed by atoms with Crippen LogP contribution in [0.1, 0.15) is 23.0 Å². The van der Waals surface area contributed by atoms with E-state index in [0.717, 1.165) is 22.6 Å². The van der Waals surface area contributed by atoms with Gasteiger partial charge in [-0.3, -0.25) is 0 Å². The molecule has 2 aromatic rings. The van der Waals surface area contributed by atoms with Crippen molar-refractivity contribution in [3.05, 3.63) is 35.3 Å². The maximum atomic E-state index is 9.02. The van der Waals surface area contributed by atoms with Gasteiger partial charge in [0.1, 0.15) is 5.65 Å². The summed E-state index contributed by atoms with van der Waals surface area (Å²) in [6.45, 7) is 3.90. The minimum Gasteiger partial charge on any atom is -0.394 e. The summed E-state index contributed by atoms with van der Waals surface area (Å²) in [5, 5.41) is 9.02. The summed E-state index contributed by atoms with van der Waals surface area (Å²) in [5.41, 5.74) is 9.57. The summed E-state index contributed by atoms with van der Waals surface area (Å²) in [7, 11) is 0. The van der Waals surface area contributed by atoms with Crippen LogP contribution >= 0.6 is 0 Å². The Morgan fingerprint density at radius 2 is 2.27 bits per heavy atom. The lowest BCUT2D eigenvalue weighted by Crippen LogP contribution is -2.16. The molecule has 15 heavy (non-hydrogen) atoms. The van der Waals surface area contributed by atoms with Crippen molar-refractivity contribution in [2.45, 2.75) is 19.9 Å². The number of imidazole rings is 1. The summed E-state index contributed by atoms with van der Waals surface area (Å²) in [6, 6.07) is 3.63. The van der Waals surface area contributed by atoms with E-state index in [1.165, 1.54) is 0 Å². The molecule has 0 radical (unpaired) electrons. The molecule has 1 unspecified atom stereocenters. The Balaban J connectivity index is 2.63. The van der Waals surface area contributed by atoms with Gasteiger partial charge in [-0.25, -0.2) is 4.98 Å².